The molecule has 0 radical (unpaired) electrons. The number of hydrogen-bond donors (Lipinski definition) is 2. The molecule has 0 aromatic carbocycles. The molecule has 0 aliphatic carbocycles. The Morgan fingerprint density at radius 1 is 1.77 bits per heavy atom. The number of hydrogen-bond acceptors (Lipinski definition) is 3. The van der Waals surface area contributed by atoms with Crippen LogP contribution in [-0.4, -0.2) is 17.6 Å². The molecule has 1 heterocycles. The predicted molar refractivity (Wildman–Crippen MR) is 47.4 cm³/mol. The number of carbonyl (C=O) groups is 1. The second-order valence-electron chi connectivity index (χ2n) is 2.72. The zero-order valence-electron chi connectivity index (χ0n) is 7.49. The first kappa shape index (κ1) is 9.80. The van der Waals surface area contributed by atoms with Gasteiger partial charge < -0.3 is 14.8 Å². The van der Waals surface area contributed by atoms with Crippen LogP contribution < -0.4 is 5.32 Å². The molecule has 1 aromatic heterocycles. The lowest BCUT2D eigenvalue weighted by atomic mass is 10.1. The summed E-state index contributed by atoms with van der Waals surface area (Å²) in [5, 5.41) is 11.7. The molecule has 0 spiro atoms. The fourth-order valence-corrected chi connectivity index (χ4v) is 1.18. The van der Waals surface area contributed by atoms with Gasteiger partial charge in [0.25, 0.3) is 0 Å². The summed E-state index contributed by atoms with van der Waals surface area (Å²) in [6.07, 6.45) is 1.59. The van der Waals surface area contributed by atoms with Crippen molar-refractivity contribution < 1.29 is 14.3 Å². The lowest BCUT2D eigenvalue weighted by Gasteiger charge is -2.12. The van der Waals surface area contributed by atoms with Gasteiger partial charge in [-0.15, -0.1) is 0 Å². The zero-order chi connectivity index (χ0) is 9.68. The molecule has 0 aliphatic rings. The zero-order valence-corrected chi connectivity index (χ0v) is 7.49. The van der Waals surface area contributed by atoms with Crippen LogP contribution in [0.5, 0.6) is 0 Å². The number of aliphatic carboxylic acids is 1. The second-order valence-corrected chi connectivity index (χ2v) is 2.72. The van der Waals surface area contributed by atoms with Crippen LogP contribution in [0.25, 0.3) is 0 Å². The first-order chi connectivity index (χ1) is 6.24. The van der Waals surface area contributed by atoms with Gasteiger partial charge in [-0.2, -0.15) is 0 Å². The van der Waals surface area contributed by atoms with Crippen molar-refractivity contribution in [1.29, 1.82) is 0 Å². The summed E-state index contributed by atoms with van der Waals surface area (Å²) >= 11 is 0. The van der Waals surface area contributed by atoms with Gasteiger partial charge in [-0.3, -0.25) is 4.79 Å². The Kier molecular flexibility index (Phi) is 3.52. The second kappa shape index (κ2) is 4.67. The van der Waals surface area contributed by atoms with Crippen molar-refractivity contribution in [3.8, 4) is 0 Å². The van der Waals surface area contributed by atoms with E-state index in [1.165, 1.54) is 0 Å². The molecule has 4 heteroatoms. The largest absolute Gasteiger partial charge is 0.481 e. The summed E-state index contributed by atoms with van der Waals surface area (Å²) in [6.45, 7) is 2.65. The van der Waals surface area contributed by atoms with E-state index in [1.807, 2.05) is 6.92 Å². The molecular formula is C9H13NO3. The Morgan fingerprint density at radius 2 is 2.54 bits per heavy atom. The third kappa shape index (κ3) is 2.91. The average molecular weight is 183 g/mol. The van der Waals surface area contributed by atoms with Gasteiger partial charge in [0.2, 0.25) is 0 Å². The van der Waals surface area contributed by atoms with Gasteiger partial charge in [-0.1, -0.05) is 6.92 Å². The fraction of sp³-hybridized carbons (Fsp3) is 0.444. The Labute approximate surface area is 76.6 Å². The lowest BCUT2D eigenvalue weighted by Crippen LogP contribution is -2.23. The molecule has 0 fully saturated rings. The van der Waals surface area contributed by atoms with Crippen LogP contribution in [0.15, 0.2) is 22.8 Å². The van der Waals surface area contributed by atoms with Crippen molar-refractivity contribution in [2.45, 2.75) is 19.4 Å². The highest BCUT2D eigenvalue weighted by atomic mass is 16.4. The predicted octanol–water partition coefficient (Wildman–Crippen LogP) is 1.40. The highest BCUT2D eigenvalue weighted by Gasteiger charge is 2.16. The highest BCUT2D eigenvalue weighted by molar-refractivity contribution is 5.67. The highest BCUT2D eigenvalue weighted by Crippen LogP contribution is 2.16. The molecule has 2 N–H and O–H groups in total. The maximum atomic E-state index is 10.5. The summed E-state index contributed by atoms with van der Waals surface area (Å²) in [5.41, 5.74) is 0. The number of carboxylic acid groups (broad SMARTS) is 1. The maximum Gasteiger partial charge on any atom is 0.305 e. The van der Waals surface area contributed by atoms with Crippen LogP contribution in [0.4, 0.5) is 0 Å². The van der Waals surface area contributed by atoms with E-state index in [9.17, 15) is 4.79 Å². The van der Waals surface area contributed by atoms with Crippen molar-refractivity contribution in [2.24, 2.45) is 0 Å². The molecule has 0 aliphatic heterocycles. The van der Waals surface area contributed by atoms with Gasteiger partial charge in [0.1, 0.15) is 5.76 Å². The Bertz CT molecular complexity index is 256. The molecule has 4 nitrogen and oxygen atoms in total. The summed E-state index contributed by atoms with van der Waals surface area (Å²) < 4.78 is 5.12. The number of carboxylic acids is 1. The topological polar surface area (TPSA) is 62.5 Å². The van der Waals surface area contributed by atoms with Crippen molar-refractivity contribution in [2.75, 3.05) is 6.54 Å². The van der Waals surface area contributed by atoms with E-state index in [1.54, 1.807) is 18.4 Å². The van der Waals surface area contributed by atoms with Gasteiger partial charge in [0.05, 0.1) is 18.7 Å². The van der Waals surface area contributed by atoms with Gasteiger partial charge in [0.15, 0.2) is 0 Å². The molecule has 1 unspecified atom stereocenters. The van der Waals surface area contributed by atoms with Crippen molar-refractivity contribution in [3.63, 3.8) is 0 Å². The SMILES string of the molecule is CCNC(CC(=O)O)c1ccco1. The third-order valence-corrected chi connectivity index (χ3v) is 1.72. The summed E-state index contributed by atoms with van der Waals surface area (Å²) in [6, 6.07) is 3.30. The van der Waals surface area contributed by atoms with Crippen molar-refractivity contribution >= 4 is 5.97 Å². The van der Waals surface area contributed by atoms with Crippen LogP contribution >= 0.6 is 0 Å². The van der Waals surface area contributed by atoms with E-state index < -0.39 is 5.97 Å². The smallest absolute Gasteiger partial charge is 0.305 e. The lowest BCUT2D eigenvalue weighted by molar-refractivity contribution is -0.137. The first-order valence-corrected chi connectivity index (χ1v) is 4.22. The summed E-state index contributed by atoms with van der Waals surface area (Å²) in [4.78, 5) is 10.5. The third-order valence-electron chi connectivity index (χ3n) is 1.72. The Hall–Kier alpha value is -1.29. The van der Waals surface area contributed by atoms with E-state index in [4.69, 9.17) is 9.52 Å². The van der Waals surface area contributed by atoms with Gasteiger partial charge in [0, 0.05) is 0 Å². The summed E-state index contributed by atoms with van der Waals surface area (Å²) in [7, 11) is 0. The van der Waals surface area contributed by atoms with Gasteiger partial charge >= 0.3 is 5.97 Å². The Balaban J connectivity index is 2.62. The summed E-state index contributed by atoms with van der Waals surface area (Å²) in [5.74, 6) is -0.161. The molecule has 1 aromatic rings. The van der Waals surface area contributed by atoms with Gasteiger partial charge in [-0.25, -0.2) is 0 Å². The fourth-order valence-electron chi connectivity index (χ4n) is 1.18. The minimum Gasteiger partial charge on any atom is -0.481 e. The number of nitrogens with one attached hydrogen (secondary N) is 1. The number of rotatable bonds is 5. The minimum absolute atomic E-state index is 0.0430. The average Bonchev–Trinajstić information content (AvgIpc) is 2.54. The Morgan fingerprint density at radius 3 is 3.00 bits per heavy atom. The van der Waals surface area contributed by atoms with Gasteiger partial charge in [-0.05, 0) is 18.7 Å². The normalized spacial score (nSPS) is 12.7. The van der Waals surface area contributed by atoms with E-state index >= 15 is 0 Å². The molecule has 1 atom stereocenters. The van der Waals surface area contributed by atoms with E-state index in [0.29, 0.717) is 5.76 Å². The van der Waals surface area contributed by atoms with Crippen LogP contribution in [0, 0.1) is 0 Å². The molecule has 13 heavy (non-hydrogen) atoms. The quantitative estimate of drug-likeness (QED) is 0.724. The first-order valence-electron chi connectivity index (χ1n) is 4.22. The molecular weight excluding hydrogens is 170 g/mol. The van der Waals surface area contributed by atoms with Crippen LogP contribution in [0.1, 0.15) is 25.1 Å². The van der Waals surface area contributed by atoms with Crippen LogP contribution in [0.2, 0.25) is 0 Å². The molecule has 0 amide bonds. The van der Waals surface area contributed by atoms with E-state index in [2.05, 4.69) is 5.32 Å². The number of furan rings is 1. The monoisotopic (exact) mass is 183 g/mol. The molecule has 0 saturated heterocycles. The van der Waals surface area contributed by atoms with Crippen LogP contribution in [-0.2, 0) is 4.79 Å². The maximum absolute atomic E-state index is 10.5. The minimum atomic E-state index is -0.831. The molecule has 72 valence electrons. The van der Waals surface area contributed by atoms with Crippen LogP contribution in [0.3, 0.4) is 0 Å². The van der Waals surface area contributed by atoms with Crippen molar-refractivity contribution in [1.82, 2.24) is 5.32 Å². The molecule has 0 saturated carbocycles. The van der Waals surface area contributed by atoms with Crippen molar-refractivity contribution in [3.05, 3.63) is 24.2 Å². The van der Waals surface area contributed by atoms with E-state index in [0.717, 1.165) is 6.54 Å². The molecule has 1 rings (SSSR count). The molecule has 0 bridgehead atoms. The standard InChI is InChI=1S/C9H13NO3/c1-2-10-7(6-9(11)12)8-4-3-5-13-8/h3-5,7,10H,2,6H2,1H3,(H,11,12). The van der Waals surface area contributed by atoms with E-state index in [-0.39, 0.29) is 12.5 Å².